The molecule has 1 aliphatic rings. The van der Waals surface area contributed by atoms with Gasteiger partial charge in [0.05, 0.1) is 25.9 Å². The van der Waals surface area contributed by atoms with Crippen LogP contribution in [0, 0.1) is 5.92 Å². The summed E-state index contributed by atoms with van der Waals surface area (Å²) >= 11 is 0. The van der Waals surface area contributed by atoms with Crippen LogP contribution in [0.25, 0.3) is 0 Å². The quantitative estimate of drug-likeness (QED) is 0.522. The molecule has 0 aromatic heterocycles. The van der Waals surface area contributed by atoms with E-state index in [0.29, 0.717) is 32.2 Å². The van der Waals surface area contributed by atoms with E-state index in [1.54, 1.807) is 0 Å². The molecule has 0 spiro atoms. The molecule has 0 heterocycles. The Kier molecular flexibility index (Phi) is 8.22. The molecule has 0 bridgehead atoms. The molecule has 2 atom stereocenters. The second-order valence-corrected chi connectivity index (χ2v) is 6.11. The van der Waals surface area contributed by atoms with Crippen LogP contribution in [-0.4, -0.2) is 51.1 Å². The summed E-state index contributed by atoms with van der Waals surface area (Å²) in [6.07, 6.45) is 3.54. The average Bonchev–Trinajstić information content (AvgIpc) is 2.47. The molecule has 0 aromatic rings. The molecule has 0 radical (unpaired) electrons. The van der Waals surface area contributed by atoms with Crippen LogP contribution in [0.15, 0.2) is 0 Å². The van der Waals surface area contributed by atoms with E-state index in [0.717, 1.165) is 25.9 Å². The number of likely N-dealkylation sites (N-methyl/N-ethyl adjacent to an activating group) is 1. The summed E-state index contributed by atoms with van der Waals surface area (Å²) in [6.45, 7) is 8.46. The molecular weight excluding hydrogens is 270 g/mol. The number of carbonyl (C=O) groups excluding carboxylic acids is 1. The number of hydrogen-bond acceptors (Lipinski definition) is 5. The molecule has 21 heavy (non-hydrogen) atoms. The minimum Gasteiger partial charge on any atom is -0.465 e. The van der Waals surface area contributed by atoms with Gasteiger partial charge >= 0.3 is 5.97 Å². The van der Waals surface area contributed by atoms with Gasteiger partial charge in [0.25, 0.3) is 0 Å². The average molecular weight is 301 g/mol. The number of esters is 1. The molecule has 0 aliphatic heterocycles. The second-order valence-electron chi connectivity index (χ2n) is 6.11. The van der Waals surface area contributed by atoms with Crippen LogP contribution in [-0.2, 0) is 19.0 Å². The molecule has 1 rings (SSSR count). The number of nitrogens with one attached hydrogen (secondary N) is 1. The molecule has 5 nitrogen and oxygen atoms in total. The Balaban J connectivity index is 2.38. The first-order chi connectivity index (χ1) is 10.0. The van der Waals surface area contributed by atoms with Crippen LogP contribution in [0.3, 0.4) is 0 Å². The summed E-state index contributed by atoms with van der Waals surface area (Å²) in [5.74, 6) is 0.386. The van der Waals surface area contributed by atoms with Crippen molar-refractivity contribution in [3.05, 3.63) is 0 Å². The Labute approximate surface area is 128 Å². The molecule has 124 valence electrons. The van der Waals surface area contributed by atoms with Crippen molar-refractivity contribution in [2.75, 3.05) is 33.5 Å². The summed E-state index contributed by atoms with van der Waals surface area (Å²) in [5, 5.41) is 3.16. The van der Waals surface area contributed by atoms with Gasteiger partial charge in [0.15, 0.2) is 0 Å². The molecule has 1 fully saturated rings. The molecule has 1 N–H and O–H groups in total. The standard InChI is InChI=1S/C16H31NO4/c1-5-20-15(18)16(17-4)8-6-7-14(11-16)21-10-9-19-12-13(2)3/h13-14,17H,5-12H2,1-4H3. The van der Waals surface area contributed by atoms with Crippen LogP contribution in [0.2, 0.25) is 0 Å². The van der Waals surface area contributed by atoms with Crippen LogP contribution in [0.5, 0.6) is 0 Å². The zero-order valence-corrected chi connectivity index (χ0v) is 13.9. The van der Waals surface area contributed by atoms with Gasteiger partial charge in [-0.1, -0.05) is 13.8 Å². The van der Waals surface area contributed by atoms with Crippen LogP contribution < -0.4 is 5.32 Å². The SMILES string of the molecule is CCOC(=O)C1(NC)CCCC(OCCOCC(C)C)C1. The van der Waals surface area contributed by atoms with Crippen molar-refractivity contribution >= 4 is 5.97 Å². The van der Waals surface area contributed by atoms with E-state index in [-0.39, 0.29) is 12.1 Å². The molecular formula is C16H31NO4. The fourth-order valence-electron chi connectivity index (χ4n) is 2.74. The molecule has 5 heteroatoms. The summed E-state index contributed by atoms with van der Waals surface area (Å²) in [5.41, 5.74) is -0.586. The highest BCUT2D eigenvalue weighted by Gasteiger charge is 2.43. The minimum atomic E-state index is -0.586. The Morgan fingerprint density at radius 2 is 2.14 bits per heavy atom. The monoisotopic (exact) mass is 301 g/mol. The third kappa shape index (κ3) is 5.93. The molecule has 2 unspecified atom stereocenters. The van der Waals surface area contributed by atoms with Gasteiger partial charge in [-0.2, -0.15) is 0 Å². The van der Waals surface area contributed by atoms with Gasteiger partial charge < -0.3 is 19.5 Å². The van der Waals surface area contributed by atoms with Crippen molar-refractivity contribution in [2.45, 2.75) is 58.1 Å². The van der Waals surface area contributed by atoms with E-state index in [2.05, 4.69) is 19.2 Å². The van der Waals surface area contributed by atoms with Crippen molar-refractivity contribution in [2.24, 2.45) is 5.92 Å². The van der Waals surface area contributed by atoms with Gasteiger partial charge in [-0.3, -0.25) is 4.79 Å². The van der Waals surface area contributed by atoms with Crippen LogP contribution in [0.1, 0.15) is 46.5 Å². The maximum atomic E-state index is 12.2. The van der Waals surface area contributed by atoms with E-state index < -0.39 is 5.54 Å². The lowest BCUT2D eigenvalue weighted by atomic mass is 9.80. The van der Waals surface area contributed by atoms with Gasteiger partial charge in [-0.25, -0.2) is 0 Å². The van der Waals surface area contributed by atoms with E-state index in [4.69, 9.17) is 14.2 Å². The first kappa shape index (κ1) is 18.4. The Bertz CT molecular complexity index is 309. The highest BCUT2D eigenvalue weighted by Crippen LogP contribution is 2.31. The van der Waals surface area contributed by atoms with Crippen molar-refractivity contribution < 1.29 is 19.0 Å². The second kappa shape index (κ2) is 9.38. The largest absolute Gasteiger partial charge is 0.465 e. The third-order valence-electron chi connectivity index (χ3n) is 3.88. The Morgan fingerprint density at radius 1 is 1.38 bits per heavy atom. The number of rotatable bonds is 9. The van der Waals surface area contributed by atoms with Crippen molar-refractivity contribution in [3.63, 3.8) is 0 Å². The normalized spacial score (nSPS) is 26.0. The lowest BCUT2D eigenvalue weighted by Crippen LogP contribution is -2.55. The molecule has 0 aromatic carbocycles. The Hall–Kier alpha value is -0.650. The molecule has 0 amide bonds. The predicted octanol–water partition coefficient (Wildman–Crippen LogP) is 2.14. The number of carbonyl (C=O) groups is 1. The fourth-order valence-corrected chi connectivity index (χ4v) is 2.74. The smallest absolute Gasteiger partial charge is 0.326 e. The van der Waals surface area contributed by atoms with Gasteiger partial charge in [0.1, 0.15) is 5.54 Å². The minimum absolute atomic E-state index is 0.0956. The predicted molar refractivity (Wildman–Crippen MR) is 82.3 cm³/mol. The lowest BCUT2D eigenvalue weighted by molar-refractivity contribution is -0.155. The summed E-state index contributed by atoms with van der Waals surface area (Å²) in [7, 11) is 1.82. The summed E-state index contributed by atoms with van der Waals surface area (Å²) in [6, 6.07) is 0. The summed E-state index contributed by atoms with van der Waals surface area (Å²) < 4.78 is 16.6. The van der Waals surface area contributed by atoms with Crippen molar-refractivity contribution in [3.8, 4) is 0 Å². The van der Waals surface area contributed by atoms with Gasteiger partial charge in [0.2, 0.25) is 0 Å². The topological polar surface area (TPSA) is 56.8 Å². The highest BCUT2D eigenvalue weighted by molar-refractivity contribution is 5.81. The number of hydrogen-bond donors (Lipinski definition) is 1. The highest BCUT2D eigenvalue weighted by atomic mass is 16.5. The lowest BCUT2D eigenvalue weighted by Gasteiger charge is -2.38. The maximum Gasteiger partial charge on any atom is 0.326 e. The zero-order valence-electron chi connectivity index (χ0n) is 13.9. The first-order valence-electron chi connectivity index (χ1n) is 8.09. The van der Waals surface area contributed by atoms with Gasteiger partial charge in [0, 0.05) is 13.0 Å². The maximum absolute atomic E-state index is 12.2. The van der Waals surface area contributed by atoms with Crippen molar-refractivity contribution in [1.82, 2.24) is 5.32 Å². The molecule has 0 saturated heterocycles. The van der Waals surface area contributed by atoms with Gasteiger partial charge in [-0.15, -0.1) is 0 Å². The number of ether oxygens (including phenoxy) is 3. The van der Waals surface area contributed by atoms with Crippen LogP contribution >= 0.6 is 0 Å². The Morgan fingerprint density at radius 3 is 2.76 bits per heavy atom. The molecule has 1 aliphatic carbocycles. The third-order valence-corrected chi connectivity index (χ3v) is 3.88. The van der Waals surface area contributed by atoms with E-state index >= 15 is 0 Å². The summed E-state index contributed by atoms with van der Waals surface area (Å²) in [4.78, 5) is 12.2. The first-order valence-corrected chi connectivity index (χ1v) is 8.09. The fraction of sp³-hybridized carbons (Fsp3) is 0.938. The molecule has 1 saturated carbocycles. The zero-order chi connectivity index (χ0) is 15.7. The van der Waals surface area contributed by atoms with E-state index in [1.165, 1.54) is 0 Å². The van der Waals surface area contributed by atoms with Crippen molar-refractivity contribution in [1.29, 1.82) is 0 Å². The van der Waals surface area contributed by atoms with E-state index in [1.807, 2.05) is 14.0 Å². The van der Waals surface area contributed by atoms with Gasteiger partial charge in [-0.05, 0) is 39.2 Å². The van der Waals surface area contributed by atoms with E-state index in [9.17, 15) is 4.79 Å². The van der Waals surface area contributed by atoms with Crippen LogP contribution in [0.4, 0.5) is 0 Å².